The van der Waals surface area contributed by atoms with Crippen LogP contribution >= 0.6 is 35.1 Å². The summed E-state index contributed by atoms with van der Waals surface area (Å²) in [7, 11) is 3.33. The van der Waals surface area contributed by atoms with E-state index in [2.05, 4.69) is 34.7 Å². The van der Waals surface area contributed by atoms with Crippen molar-refractivity contribution in [3.63, 3.8) is 0 Å². The third-order valence-electron chi connectivity index (χ3n) is 11.0. The van der Waals surface area contributed by atoms with Gasteiger partial charge >= 0.3 is 6.09 Å². The molecule has 0 unspecified atom stereocenters. The van der Waals surface area contributed by atoms with Gasteiger partial charge in [0, 0.05) is 78.4 Å². The highest BCUT2D eigenvalue weighted by atomic mass is 35.5. The lowest BCUT2D eigenvalue weighted by molar-refractivity contribution is 0.0206. The molecule has 3 N–H and O–H groups in total. The second-order valence-corrected chi connectivity index (χ2v) is 18.6. The summed E-state index contributed by atoms with van der Waals surface area (Å²) in [6.45, 7) is 8.88. The number of hydrogen-bond acceptors (Lipinski definition) is 15. The van der Waals surface area contributed by atoms with Crippen molar-refractivity contribution < 1.29 is 19.0 Å². The normalized spacial score (nSPS) is 16.2. The van der Waals surface area contributed by atoms with Gasteiger partial charge in [0.25, 0.3) is 0 Å². The summed E-state index contributed by atoms with van der Waals surface area (Å²) in [6.07, 6.45) is 11.4. The van der Waals surface area contributed by atoms with Crippen LogP contribution < -0.4 is 25.4 Å². The molecule has 2 fully saturated rings. The molecule has 2 aliphatic rings. The van der Waals surface area contributed by atoms with Crippen molar-refractivity contribution >= 4 is 63.0 Å². The molecule has 1 amide bonds. The molecule has 2 aromatic carbocycles. The summed E-state index contributed by atoms with van der Waals surface area (Å²) in [5.41, 5.74) is 6.61. The first kappa shape index (κ1) is 46.2. The number of carbonyl (C=O) groups is 1. The molecule has 344 valence electrons. The van der Waals surface area contributed by atoms with E-state index in [0.717, 1.165) is 105 Å². The number of anilines is 2. The average Bonchev–Trinajstić information content (AvgIpc) is 4.12. The lowest BCUT2D eigenvalue weighted by atomic mass is 10.1. The van der Waals surface area contributed by atoms with E-state index in [1.54, 1.807) is 48.0 Å². The van der Waals surface area contributed by atoms with Gasteiger partial charge in [0.1, 0.15) is 28.5 Å². The first-order valence-electron chi connectivity index (χ1n) is 21.7. The summed E-state index contributed by atoms with van der Waals surface area (Å²) in [5, 5.41) is 14.4. The molecule has 8 aromatic rings. The highest BCUT2D eigenvalue weighted by Crippen LogP contribution is 2.37. The minimum Gasteiger partial charge on any atom is -0.497 e. The van der Waals surface area contributed by atoms with Crippen molar-refractivity contribution in [2.24, 2.45) is 0 Å². The minimum atomic E-state index is -0.520. The molecule has 0 saturated carbocycles. The van der Waals surface area contributed by atoms with Crippen molar-refractivity contribution in [2.45, 2.75) is 64.1 Å². The van der Waals surface area contributed by atoms with Gasteiger partial charge in [-0.3, -0.25) is 8.80 Å². The smallest absolute Gasteiger partial charge is 0.410 e. The predicted molar refractivity (Wildman–Crippen MR) is 263 cm³/mol. The number of fused-ring (bicyclic) bond motifs is 2. The Hall–Kier alpha value is -6.34. The van der Waals surface area contributed by atoms with Gasteiger partial charge < -0.3 is 35.1 Å². The molecule has 16 nitrogen and oxygen atoms in total. The minimum absolute atomic E-state index is 0. The SMILES string of the molecule is COc1cccc(-c2nc3sccn3c2-c2ccnc(N[C@@H]3CCCN(C(=O)OC(C)(C)C)C3)n2)c1.COc1cccc(-c2nc3sccn3c2-c2ccnc(N[C@@H]3CCCNC3)n2)c1.Cl. The molecular weight excluding hydrogens is 896 g/mol. The van der Waals surface area contributed by atoms with Crippen molar-refractivity contribution in [2.75, 3.05) is 51.0 Å². The van der Waals surface area contributed by atoms with Gasteiger partial charge in [-0.25, -0.2) is 34.7 Å². The topological polar surface area (TPSA) is 170 Å². The summed E-state index contributed by atoms with van der Waals surface area (Å²) in [6, 6.07) is 20.1. The van der Waals surface area contributed by atoms with E-state index in [0.29, 0.717) is 31.0 Å². The molecule has 0 radical (unpaired) electrons. The number of hydrogen-bond donors (Lipinski definition) is 3. The number of nitrogens with one attached hydrogen (secondary N) is 3. The Morgan fingerprint density at radius 1 is 0.742 bits per heavy atom. The summed E-state index contributed by atoms with van der Waals surface area (Å²) in [4.78, 5) is 44.5. The molecule has 2 atom stereocenters. The van der Waals surface area contributed by atoms with E-state index in [4.69, 9.17) is 34.1 Å². The van der Waals surface area contributed by atoms with Gasteiger partial charge in [0.15, 0.2) is 9.92 Å². The Morgan fingerprint density at radius 2 is 1.29 bits per heavy atom. The van der Waals surface area contributed by atoms with Crippen LogP contribution in [0, 0.1) is 0 Å². The predicted octanol–water partition coefficient (Wildman–Crippen LogP) is 9.45. The van der Waals surface area contributed by atoms with E-state index in [-0.39, 0.29) is 24.5 Å². The summed E-state index contributed by atoms with van der Waals surface area (Å²) in [5.74, 6) is 2.75. The van der Waals surface area contributed by atoms with Crippen LogP contribution in [-0.2, 0) is 4.74 Å². The number of carbonyl (C=O) groups excluding carboxylic acids is 1. The van der Waals surface area contributed by atoms with Crippen LogP contribution in [0.4, 0.5) is 16.7 Å². The highest BCUT2D eigenvalue weighted by Gasteiger charge is 2.29. The van der Waals surface area contributed by atoms with E-state index in [9.17, 15) is 4.79 Å². The summed E-state index contributed by atoms with van der Waals surface area (Å²) >= 11 is 3.18. The Bertz CT molecular complexity index is 2900. The van der Waals surface area contributed by atoms with E-state index >= 15 is 0 Å². The van der Waals surface area contributed by atoms with Crippen molar-refractivity contribution in [1.82, 2.24) is 48.9 Å². The standard InChI is InChI=1S/C26H30N6O3S.C21H22N6OS.ClH/c1-26(2,3)35-25(33)31-12-6-8-18(16-31)28-23-27-11-10-20(29-23)22-21(30-24-32(22)13-14-36-24)17-7-5-9-19(15-17)34-4;1-28-16-6-2-4-14(12-16)18-19(27-10-11-29-21(27)26-18)17-7-9-23-20(25-17)24-15-5-3-8-22-13-15;/h5,7,9-11,13-15,18H,6,8,12,16H2,1-4H3,(H,27,28,29);2,4,6-7,9-12,15,22H,3,5,8,13H2,1H3,(H,23,24,25);1H/t18-;15-;/m11./s1. The van der Waals surface area contributed by atoms with Crippen LogP contribution in [0.15, 0.2) is 96.2 Å². The Labute approximate surface area is 397 Å². The number of methoxy groups -OCH3 is 2. The lowest BCUT2D eigenvalue weighted by Crippen LogP contribution is -2.47. The second-order valence-electron chi connectivity index (χ2n) is 16.8. The third kappa shape index (κ3) is 10.5. The largest absolute Gasteiger partial charge is 0.497 e. The van der Waals surface area contributed by atoms with Gasteiger partial charge in [0.2, 0.25) is 11.9 Å². The Balaban J connectivity index is 0.000000180. The third-order valence-corrected chi connectivity index (χ3v) is 12.6. The molecule has 2 aliphatic heterocycles. The number of amides is 1. The number of aromatic nitrogens is 8. The van der Waals surface area contributed by atoms with Crippen LogP contribution in [0.2, 0.25) is 0 Å². The molecule has 0 aliphatic carbocycles. The average molecular weight is 950 g/mol. The second kappa shape index (κ2) is 20.4. The molecule has 66 heavy (non-hydrogen) atoms. The molecule has 0 spiro atoms. The van der Waals surface area contributed by atoms with Crippen LogP contribution in [-0.4, -0.2) is 108 Å². The van der Waals surface area contributed by atoms with Gasteiger partial charge in [0.05, 0.1) is 37.0 Å². The van der Waals surface area contributed by atoms with Gasteiger partial charge in [-0.05, 0) is 89.4 Å². The molecule has 0 bridgehead atoms. The maximum absolute atomic E-state index is 12.6. The number of imidazole rings is 2. The van der Waals surface area contributed by atoms with Crippen LogP contribution in [0.1, 0.15) is 46.5 Å². The zero-order chi connectivity index (χ0) is 44.9. The number of nitrogens with zero attached hydrogens (tertiary/aromatic N) is 9. The molecule has 19 heteroatoms. The molecule has 10 rings (SSSR count). The number of piperidine rings is 2. The fourth-order valence-electron chi connectivity index (χ4n) is 8.05. The number of halogens is 1. The van der Waals surface area contributed by atoms with Crippen LogP contribution in [0.5, 0.6) is 11.5 Å². The molecule has 2 saturated heterocycles. The maximum Gasteiger partial charge on any atom is 0.410 e. The quantitative estimate of drug-likeness (QED) is 0.119. The fourth-order valence-corrected chi connectivity index (χ4v) is 9.48. The molecular formula is C47H53ClN12O4S2. The Kier molecular flexibility index (Phi) is 14.3. The first-order valence-corrected chi connectivity index (χ1v) is 23.5. The van der Waals surface area contributed by atoms with Crippen molar-refractivity contribution in [1.29, 1.82) is 0 Å². The lowest BCUT2D eigenvalue weighted by Gasteiger charge is -2.34. The summed E-state index contributed by atoms with van der Waals surface area (Å²) < 4.78 is 20.5. The first-order chi connectivity index (χ1) is 31.6. The van der Waals surface area contributed by atoms with E-state index in [1.807, 2.05) is 111 Å². The van der Waals surface area contributed by atoms with Crippen LogP contribution in [0.3, 0.4) is 0 Å². The molecule has 8 heterocycles. The Morgan fingerprint density at radius 3 is 1.80 bits per heavy atom. The number of ether oxygens (including phenoxy) is 3. The van der Waals surface area contributed by atoms with Gasteiger partial charge in [-0.1, -0.05) is 24.3 Å². The number of likely N-dealkylation sites (tertiary alicyclic amines) is 1. The molecule has 6 aromatic heterocycles. The zero-order valence-electron chi connectivity index (χ0n) is 37.4. The fraction of sp³-hybridized carbons (Fsp3) is 0.340. The van der Waals surface area contributed by atoms with Crippen LogP contribution in [0.25, 0.3) is 55.2 Å². The monoisotopic (exact) mass is 948 g/mol. The number of rotatable bonds is 10. The maximum atomic E-state index is 12.6. The number of benzene rings is 2. The van der Waals surface area contributed by atoms with E-state index < -0.39 is 5.60 Å². The van der Waals surface area contributed by atoms with Crippen molar-refractivity contribution in [3.05, 3.63) is 96.2 Å². The number of thiazole rings is 2. The van der Waals surface area contributed by atoms with E-state index in [1.165, 1.54) is 0 Å². The highest BCUT2D eigenvalue weighted by molar-refractivity contribution is 7.15. The van der Waals surface area contributed by atoms with Gasteiger partial charge in [-0.2, -0.15) is 0 Å². The zero-order valence-corrected chi connectivity index (χ0v) is 39.9. The van der Waals surface area contributed by atoms with Gasteiger partial charge in [-0.15, -0.1) is 35.1 Å². The van der Waals surface area contributed by atoms with Crippen molar-refractivity contribution in [3.8, 4) is 56.8 Å².